The summed E-state index contributed by atoms with van der Waals surface area (Å²) in [5, 5.41) is 26.5. The van der Waals surface area contributed by atoms with Crippen molar-refractivity contribution in [2.45, 2.75) is 116 Å². The van der Waals surface area contributed by atoms with Gasteiger partial charge in [-0.1, -0.05) is 59.7 Å². The summed E-state index contributed by atoms with van der Waals surface area (Å²) in [5.41, 5.74) is 7.25. The highest BCUT2D eigenvalue weighted by molar-refractivity contribution is 5.99. The molecule has 3 rings (SSSR count). The lowest BCUT2D eigenvalue weighted by molar-refractivity contribution is -0.142. The molecule has 0 bridgehead atoms. The summed E-state index contributed by atoms with van der Waals surface area (Å²) in [5.74, 6) is -6.52. The molecule has 0 aliphatic carbocycles. The van der Waals surface area contributed by atoms with Crippen LogP contribution in [0.5, 0.6) is 0 Å². The molecule has 292 valence electrons. The van der Waals surface area contributed by atoms with Crippen molar-refractivity contribution in [2.75, 3.05) is 6.54 Å². The van der Waals surface area contributed by atoms with Gasteiger partial charge in [-0.2, -0.15) is 0 Å². The highest BCUT2D eigenvalue weighted by Crippen LogP contribution is 2.20. The topological polar surface area (TPSA) is 254 Å². The summed E-state index contributed by atoms with van der Waals surface area (Å²) >= 11 is 0. The number of nitrogens with one attached hydrogen (secondary N) is 7. The zero-order chi connectivity index (χ0) is 39.4. The van der Waals surface area contributed by atoms with Crippen LogP contribution in [0.1, 0.15) is 79.2 Å². The Kier molecular flexibility index (Phi) is 15.8. The first-order valence-electron chi connectivity index (χ1n) is 18.3. The maximum atomic E-state index is 14.2. The first kappa shape index (κ1) is 42.4. The van der Waals surface area contributed by atoms with Crippen LogP contribution < -0.4 is 37.6 Å². The SMILES string of the molecule is CC(C)C[C@@H]1NC(=O)[C@H](Cc2c[nH]c3ccccc23)NC(=O)[C@@H](CCCN)NC(=O)[C@H](CC(=O)O)NC(=O)[C@H](C(C)C)NC(=O)[C@@H](CC(C)C)NC1=O. The molecule has 53 heavy (non-hydrogen) atoms. The molecule has 6 amide bonds. The van der Waals surface area contributed by atoms with E-state index < -0.39 is 90.0 Å². The lowest BCUT2D eigenvalue weighted by Gasteiger charge is -2.30. The molecular weight excluding hydrogens is 684 g/mol. The fourth-order valence-electron chi connectivity index (χ4n) is 6.25. The van der Waals surface area contributed by atoms with E-state index in [1.165, 1.54) is 0 Å². The van der Waals surface area contributed by atoms with Crippen molar-refractivity contribution in [1.82, 2.24) is 36.9 Å². The number of carboxylic acid groups (broad SMARTS) is 1. The van der Waals surface area contributed by atoms with E-state index in [1.54, 1.807) is 20.0 Å². The Bertz CT molecular complexity index is 1620. The Labute approximate surface area is 309 Å². The predicted molar refractivity (Wildman–Crippen MR) is 198 cm³/mol. The lowest BCUT2D eigenvalue weighted by atomic mass is 9.97. The van der Waals surface area contributed by atoms with E-state index in [0.717, 1.165) is 10.9 Å². The van der Waals surface area contributed by atoms with Gasteiger partial charge in [-0.15, -0.1) is 0 Å². The second-order valence-electron chi connectivity index (χ2n) is 14.9. The molecule has 2 heterocycles. The van der Waals surface area contributed by atoms with Crippen molar-refractivity contribution < 1.29 is 38.7 Å². The van der Waals surface area contributed by atoms with Crippen LogP contribution in [-0.2, 0) is 40.0 Å². The van der Waals surface area contributed by atoms with Gasteiger partial charge in [0.05, 0.1) is 6.42 Å². The van der Waals surface area contributed by atoms with Crippen molar-refractivity contribution in [3.05, 3.63) is 36.0 Å². The van der Waals surface area contributed by atoms with Gasteiger partial charge in [-0.25, -0.2) is 0 Å². The summed E-state index contributed by atoms with van der Waals surface area (Å²) in [6.45, 7) is 11.0. The van der Waals surface area contributed by atoms with Crippen LogP contribution in [0.4, 0.5) is 0 Å². The van der Waals surface area contributed by atoms with E-state index >= 15 is 0 Å². The minimum absolute atomic E-state index is 0.00181. The minimum atomic E-state index is -1.63. The highest BCUT2D eigenvalue weighted by Gasteiger charge is 2.36. The van der Waals surface area contributed by atoms with Crippen LogP contribution in [0.3, 0.4) is 0 Å². The number of rotatable bonds is 12. The Balaban J connectivity index is 2.14. The summed E-state index contributed by atoms with van der Waals surface area (Å²) in [6, 6.07) is -0.149. The molecule has 1 aliphatic rings. The molecule has 1 saturated heterocycles. The van der Waals surface area contributed by atoms with Gasteiger partial charge in [0, 0.05) is 23.5 Å². The largest absolute Gasteiger partial charge is 0.481 e. The maximum Gasteiger partial charge on any atom is 0.305 e. The van der Waals surface area contributed by atoms with E-state index in [-0.39, 0.29) is 50.5 Å². The molecule has 1 aromatic carbocycles. The number of para-hydroxylation sites is 1. The number of aliphatic carboxylic acids is 1. The van der Waals surface area contributed by atoms with Crippen LogP contribution >= 0.6 is 0 Å². The molecular formula is C37H56N8O8. The van der Waals surface area contributed by atoms with Crippen molar-refractivity contribution in [3.8, 4) is 0 Å². The first-order valence-corrected chi connectivity index (χ1v) is 18.3. The van der Waals surface area contributed by atoms with Gasteiger partial charge in [0.1, 0.15) is 36.3 Å². The zero-order valence-corrected chi connectivity index (χ0v) is 31.4. The number of amides is 6. The number of carbonyl (C=O) groups is 7. The summed E-state index contributed by atoms with van der Waals surface area (Å²) in [6.07, 6.45) is 1.61. The van der Waals surface area contributed by atoms with Crippen molar-refractivity contribution in [1.29, 1.82) is 0 Å². The van der Waals surface area contributed by atoms with Gasteiger partial charge < -0.3 is 47.7 Å². The number of fused-ring (bicyclic) bond motifs is 1. The Hall–Kier alpha value is -4.99. The quantitative estimate of drug-likeness (QED) is 0.148. The molecule has 1 aromatic heterocycles. The molecule has 0 radical (unpaired) electrons. The van der Waals surface area contributed by atoms with E-state index in [4.69, 9.17) is 5.73 Å². The standard InChI is InChI=1S/C37H56N8O8/c1-19(2)14-26-33(49)42-27(15-20(3)4)36(52)45-31(21(5)6)37(53)44-29(17-30(46)47)35(51)40-25(12-9-13-38)32(48)43-28(34(50)41-26)16-22-18-39-24-11-8-7-10-23(22)24/h7-8,10-11,18-21,25-29,31,39H,9,12-17,38H2,1-6H3,(H,40,51)(H,41,50)(H,42,49)(H,43,48)(H,44,53)(H,45,52)(H,46,47)/t25-,26+,27-,28+,29+,31+/m1/s1. The average Bonchev–Trinajstić information content (AvgIpc) is 3.48. The van der Waals surface area contributed by atoms with E-state index in [0.29, 0.717) is 5.56 Å². The van der Waals surface area contributed by atoms with Crippen LogP contribution in [0, 0.1) is 17.8 Å². The molecule has 6 atom stereocenters. The fourth-order valence-corrected chi connectivity index (χ4v) is 6.25. The summed E-state index contributed by atoms with van der Waals surface area (Å²) in [4.78, 5) is 98.1. The number of hydrogen-bond donors (Lipinski definition) is 9. The monoisotopic (exact) mass is 740 g/mol. The number of aromatic nitrogens is 1. The Morgan fingerprint density at radius 3 is 1.74 bits per heavy atom. The van der Waals surface area contributed by atoms with Gasteiger partial charge in [-0.3, -0.25) is 33.6 Å². The second kappa shape index (κ2) is 19.7. The zero-order valence-electron chi connectivity index (χ0n) is 31.4. The van der Waals surface area contributed by atoms with Gasteiger partial charge in [0.25, 0.3) is 0 Å². The third-order valence-corrected chi connectivity index (χ3v) is 9.00. The number of H-pyrrole nitrogens is 1. The Morgan fingerprint density at radius 1 is 0.679 bits per heavy atom. The molecule has 16 nitrogen and oxygen atoms in total. The lowest BCUT2D eigenvalue weighted by Crippen LogP contribution is -2.62. The van der Waals surface area contributed by atoms with Crippen LogP contribution in [-0.4, -0.2) is 94.3 Å². The Morgan fingerprint density at radius 2 is 1.17 bits per heavy atom. The molecule has 0 unspecified atom stereocenters. The average molecular weight is 741 g/mol. The number of nitrogens with two attached hydrogens (primary N) is 1. The third-order valence-electron chi connectivity index (χ3n) is 9.00. The van der Waals surface area contributed by atoms with Gasteiger partial charge in [0.15, 0.2) is 0 Å². The minimum Gasteiger partial charge on any atom is -0.481 e. The summed E-state index contributed by atoms with van der Waals surface area (Å²) < 4.78 is 0. The van der Waals surface area contributed by atoms with E-state index in [1.807, 2.05) is 52.0 Å². The van der Waals surface area contributed by atoms with Crippen molar-refractivity contribution in [2.24, 2.45) is 23.5 Å². The molecule has 0 saturated carbocycles. The van der Waals surface area contributed by atoms with Crippen molar-refractivity contribution >= 4 is 52.3 Å². The van der Waals surface area contributed by atoms with Crippen LogP contribution in [0.15, 0.2) is 30.5 Å². The first-order chi connectivity index (χ1) is 25.0. The van der Waals surface area contributed by atoms with E-state index in [9.17, 15) is 38.7 Å². The number of aromatic amines is 1. The molecule has 10 N–H and O–H groups in total. The molecule has 1 fully saturated rings. The number of hydrogen-bond acceptors (Lipinski definition) is 8. The normalized spacial score (nSPS) is 24.2. The number of benzene rings is 1. The molecule has 0 spiro atoms. The van der Waals surface area contributed by atoms with Gasteiger partial charge in [0.2, 0.25) is 35.4 Å². The fraction of sp³-hybridized carbons (Fsp3) is 0.595. The predicted octanol–water partition coefficient (Wildman–Crippen LogP) is 0.595. The molecule has 16 heteroatoms. The van der Waals surface area contributed by atoms with Gasteiger partial charge >= 0.3 is 5.97 Å². The van der Waals surface area contributed by atoms with Crippen molar-refractivity contribution in [3.63, 3.8) is 0 Å². The summed E-state index contributed by atoms with van der Waals surface area (Å²) in [7, 11) is 0. The number of carboxylic acids is 1. The van der Waals surface area contributed by atoms with Crippen LogP contribution in [0.2, 0.25) is 0 Å². The van der Waals surface area contributed by atoms with Crippen LogP contribution in [0.25, 0.3) is 10.9 Å². The number of carbonyl (C=O) groups excluding carboxylic acids is 6. The smallest absolute Gasteiger partial charge is 0.305 e. The highest BCUT2D eigenvalue weighted by atomic mass is 16.4. The third kappa shape index (κ3) is 12.6. The second-order valence-corrected chi connectivity index (χ2v) is 14.9. The maximum absolute atomic E-state index is 14.2. The van der Waals surface area contributed by atoms with E-state index in [2.05, 4.69) is 36.9 Å². The molecule has 1 aliphatic heterocycles. The molecule has 2 aromatic rings. The van der Waals surface area contributed by atoms with Gasteiger partial charge in [-0.05, 0) is 61.6 Å².